The van der Waals surface area contributed by atoms with E-state index in [0.717, 1.165) is 22.8 Å². The van der Waals surface area contributed by atoms with Crippen LogP contribution in [0.15, 0.2) is 54.6 Å². The van der Waals surface area contributed by atoms with Crippen molar-refractivity contribution < 1.29 is 13.9 Å². The Kier molecular flexibility index (Phi) is 7.19. The number of anilines is 1. The largest absolute Gasteiger partial charge is 0.489 e. The Bertz CT molecular complexity index is 988. The first-order chi connectivity index (χ1) is 14.5. The summed E-state index contributed by atoms with van der Waals surface area (Å²) in [5.74, 6) is -0.206. The topological polar surface area (TPSA) is 59.4 Å². The van der Waals surface area contributed by atoms with Crippen LogP contribution >= 0.6 is 0 Å². The molecule has 0 bridgehead atoms. The molecule has 0 saturated heterocycles. The molecule has 158 valence electrons. The average molecular weight is 410 g/mol. The molecule has 3 rings (SSSR count). The molecular formula is C23H27FN4O2. The van der Waals surface area contributed by atoms with Crippen molar-refractivity contribution in [3.8, 4) is 11.4 Å². The van der Waals surface area contributed by atoms with Gasteiger partial charge in [0.25, 0.3) is 0 Å². The van der Waals surface area contributed by atoms with Crippen LogP contribution in [0.25, 0.3) is 5.69 Å². The predicted molar refractivity (Wildman–Crippen MR) is 116 cm³/mol. The quantitative estimate of drug-likeness (QED) is 0.580. The van der Waals surface area contributed by atoms with E-state index in [1.165, 1.54) is 6.07 Å². The van der Waals surface area contributed by atoms with Crippen molar-refractivity contribution >= 4 is 11.6 Å². The van der Waals surface area contributed by atoms with Crippen molar-refractivity contribution in [1.82, 2.24) is 14.7 Å². The number of aryl methyl sites for hydroxylation is 1. The maximum atomic E-state index is 13.6. The maximum Gasteiger partial charge on any atom is 0.225 e. The first-order valence-electron chi connectivity index (χ1n) is 9.93. The smallest absolute Gasteiger partial charge is 0.225 e. The lowest BCUT2D eigenvalue weighted by molar-refractivity contribution is -0.116. The van der Waals surface area contributed by atoms with E-state index in [-0.39, 0.29) is 17.5 Å². The lowest BCUT2D eigenvalue weighted by atomic mass is 10.2. The number of benzene rings is 2. The van der Waals surface area contributed by atoms with Crippen LogP contribution in [0.3, 0.4) is 0 Å². The monoisotopic (exact) mass is 410 g/mol. The third-order valence-corrected chi connectivity index (χ3v) is 4.84. The van der Waals surface area contributed by atoms with Gasteiger partial charge >= 0.3 is 0 Å². The Labute approximate surface area is 176 Å². The van der Waals surface area contributed by atoms with Gasteiger partial charge < -0.3 is 15.0 Å². The van der Waals surface area contributed by atoms with Crippen molar-refractivity contribution in [2.75, 3.05) is 32.1 Å². The van der Waals surface area contributed by atoms with Crippen molar-refractivity contribution in [3.63, 3.8) is 0 Å². The molecule has 0 spiro atoms. The normalized spacial score (nSPS) is 11.0. The molecule has 0 saturated carbocycles. The first kappa shape index (κ1) is 21.5. The zero-order chi connectivity index (χ0) is 21.5. The van der Waals surface area contributed by atoms with Crippen LogP contribution in [0.4, 0.5) is 10.1 Å². The van der Waals surface area contributed by atoms with Gasteiger partial charge in [-0.15, -0.1) is 0 Å². The first-order valence-corrected chi connectivity index (χ1v) is 9.93. The number of nitrogens with zero attached hydrogens (tertiary/aromatic N) is 3. The summed E-state index contributed by atoms with van der Waals surface area (Å²) in [6.07, 6.45) is 0.339. The average Bonchev–Trinajstić information content (AvgIpc) is 3.02. The van der Waals surface area contributed by atoms with Gasteiger partial charge in [0, 0.05) is 19.5 Å². The van der Waals surface area contributed by atoms with Crippen molar-refractivity contribution in [1.29, 1.82) is 0 Å². The molecule has 0 radical (unpaired) electrons. The molecule has 1 aromatic heterocycles. The molecule has 0 aliphatic heterocycles. The summed E-state index contributed by atoms with van der Waals surface area (Å²) in [6, 6.07) is 16.1. The van der Waals surface area contributed by atoms with Gasteiger partial charge in [-0.3, -0.25) is 4.79 Å². The fraction of sp³-hybridized carbons (Fsp3) is 0.304. The van der Waals surface area contributed by atoms with Crippen LogP contribution in [0.5, 0.6) is 5.75 Å². The van der Waals surface area contributed by atoms with Gasteiger partial charge in [-0.05, 0) is 45.2 Å². The van der Waals surface area contributed by atoms with Gasteiger partial charge in [-0.2, -0.15) is 5.10 Å². The molecule has 1 N–H and O–H groups in total. The third-order valence-electron chi connectivity index (χ3n) is 4.84. The molecule has 0 unspecified atom stereocenters. The van der Waals surface area contributed by atoms with E-state index in [0.29, 0.717) is 26.1 Å². The number of ether oxygens (including phenoxy) is 1. The number of hydrogen-bond donors (Lipinski definition) is 1. The fourth-order valence-electron chi connectivity index (χ4n) is 3.12. The Morgan fingerprint density at radius 2 is 1.80 bits per heavy atom. The van der Waals surface area contributed by atoms with Crippen LogP contribution in [-0.4, -0.2) is 47.3 Å². The van der Waals surface area contributed by atoms with Crippen LogP contribution < -0.4 is 10.1 Å². The van der Waals surface area contributed by atoms with Gasteiger partial charge in [0.1, 0.15) is 6.61 Å². The van der Waals surface area contributed by atoms with E-state index in [4.69, 9.17) is 4.74 Å². The standard InChI is InChI=1S/C23H27FN4O2/c1-17-23(18(2)28(26-17)19-9-5-4-6-10-19)25-22(29)13-14-27(3)15-16-30-21-12-8-7-11-20(21)24/h4-12H,13-16H2,1-3H3,(H,25,29). The molecule has 0 aliphatic carbocycles. The maximum absolute atomic E-state index is 13.6. The van der Waals surface area contributed by atoms with Gasteiger partial charge in [-0.25, -0.2) is 9.07 Å². The molecule has 1 heterocycles. The van der Waals surface area contributed by atoms with Gasteiger partial charge in [0.05, 0.1) is 22.8 Å². The molecule has 7 heteroatoms. The summed E-state index contributed by atoms with van der Waals surface area (Å²) in [5.41, 5.74) is 3.36. The summed E-state index contributed by atoms with van der Waals surface area (Å²) in [7, 11) is 1.90. The number of rotatable bonds is 9. The minimum Gasteiger partial charge on any atom is -0.489 e. The molecule has 0 aliphatic rings. The number of hydrogen-bond acceptors (Lipinski definition) is 4. The fourth-order valence-corrected chi connectivity index (χ4v) is 3.12. The van der Waals surface area contributed by atoms with Crippen LogP contribution in [-0.2, 0) is 4.79 Å². The van der Waals surface area contributed by atoms with E-state index < -0.39 is 0 Å². The number of carbonyl (C=O) groups excluding carboxylic acids is 1. The number of amides is 1. The SMILES string of the molecule is Cc1nn(-c2ccccc2)c(C)c1NC(=O)CCN(C)CCOc1ccccc1F. The second-order valence-electron chi connectivity index (χ2n) is 7.17. The van der Waals surface area contributed by atoms with Crippen LogP contribution in [0, 0.1) is 19.7 Å². The van der Waals surface area contributed by atoms with Gasteiger partial charge in [0.15, 0.2) is 11.6 Å². The minimum absolute atomic E-state index is 0.0734. The Morgan fingerprint density at radius 3 is 2.53 bits per heavy atom. The molecule has 0 atom stereocenters. The molecule has 2 aromatic carbocycles. The Hall–Kier alpha value is -3.19. The second-order valence-corrected chi connectivity index (χ2v) is 7.17. The molecule has 0 fully saturated rings. The van der Waals surface area contributed by atoms with E-state index in [1.54, 1.807) is 18.2 Å². The zero-order valence-electron chi connectivity index (χ0n) is 17.6. The highest BCUT2D eigenvalue weighted by Gasteiger charge is 2.15. The second kappa shape index (κ2) is 10.0. The molecular weight excluding hydrogens is 383 g/mol. The number of aromatic nitrogens is 2. The number of nitrogens with one attached hydrogen (secondary N) is 1. The van der Waals surface area contributed by atoms with Gasteiger partial charge in [-0.1, -0.05) is 30.3 Å². The lowest BCUT2D eigenvalue weighted by Gasteiger charge is -2.17. The summed E-state index contributed by atoms with van der Waals surface area (Å²) in [4.78, 5) is 14.4. The molecule has 1 amide bonds. The summed E-state index contributed by atoms with van der Waals surface area (Å²) in [6.45, 7) is 5.33. The van der Waals surface area contributed by atoms with Crippen LogP contribution in [0.1, 0.15) is 17.8 Å². The summed E-state index contributed by atoms with van der Waals surface area (Å²) in [5, 5.41) is 7.53. The number of likely N-dealkylation sites (N-methyl/N-ethyl adjacent to an activating group) is 1. The van der Waals surface area contributed by atoms with E-state index in [1.807, 2.05) is 60.8 Å². The number of halogens is 1. The minimum atomic E-state index is -0.374. The predicted octanol–water partition coefficient (Wildman–Crippen LogP) is 3.97. The highest BCUT2D eigenvalue weighted by molar-refractivity contribution is 5.92. The number of carbonyl (C=O) groups is 1. The molecule has 3 aromatic rings. The summed E-state index contributed by atoms with van der Waals surface area (Å²) >= 11 is 0. The van der Waals surface area contributed by atoms with E-state index in [9.17, 15) is 9.18 Å². The highest BCUT2D eigenvalue weighted by Crippen LogP contribution is 2.23. The molecule has 6 nitrogen and oxygen atoms in total. The van der Waals surface area contributed by atoms with Crippen molar-refractivity contribution in [3.05, 3.63) is 71.8 Å². The van der Waals surface area contributed by atoms with E-state index >= 15 is 0 Å². The number of para-hydroxylation sites is 2. The van der Waals surface area contributed by atoms with Gasteiger partial charge in [0.2, 0.25) is 5.91 Å². The lowest BCUT2D eigenvalue weighted by Crippen LogP contribution is -2.28. The Morgan fingerprint density at radius 1 is 1.10 bits per heavy atom. The highest BCUT2D eigenvalue weighted by atomic mass is 19.1. The van der Waals surface area contributed by atoms with Crippen LogP contribution in [0.2, 0.25) is 0 Å². The van der Waals surface area contributed by atoms with Crippen molar-refractivity contribution in [2.24, 2.45) is 0 Å². The zero-order valence-corrected chi connectivity index (χ0v) is 17.6. The Balaban J connectivity index is 1.48. The molecule has 30 heavy (non-hydrogen) atoms. The van der Waals surface area contributed by atoms with Crippen molar-refractivity contribution in [2.45, 2.75) is 20.3 Å². The third kappa shape index (κ3) is 5.45. The van der Waals surface area contributed by atoms with E-state index in [2.05, 4.69) is 10.4 Å². The summed E-state index contributed by atoms with van der Waals surface area (Å²) < 4.78 is 20.8.